The largest absolute Gasteiger partial charge is 0.306 e. The van der Waals surface area contributed by atoms with E-state index in [2.05, 4.69) is 256 Å². The van der Waals surface area contributed by atoms with Crippen molar-refractivity contribution >= 4 is 65.4 Å². The van der Waals surface area contributed by atoms with Gasteiger partial charge in [0, 0.05) is 32.3 Å². The van der Waals surface area contributed by atoms with Gasteiger partial charge >= 0.3 is 0 Å². The number of aromatic nitrogens is 3. The average molecular weight is 928 g/mol. The number of rotatable bonds is 7. The molecule has 5 heteroatoms. The van der Waals surface area contributed by atoms with Crippen LogP contribution in [0.4, 0.5) is 0 Å². The molecule has 338 valence electrons. The van der Waals surface area contributed by atoms with Crippen molar-refractivity contribution in [2.75, 3.05) is 0 Å². The van der Waals surface area contributed by atoms with E-state index >= 15 is 0 Å². The molecule has 0 spiro atoms. The van der Waals surface area contributed by atoms with Crippen LogP contribution in [0.1, 0.15) is 11.1 Å². The molecule has 3 aromatic heterocycles. The molecule has 0 N–H and O–H groups in total. The van der Waals surface area contributed by atoms with Crippen LogP contribution in [0, 0.1) is 22.7 Å². The summed E-state index contributed by atoms with van der Waals surface area (Å²) in [5, 5.41) is 29.4. The number of para-hydroxylation sites is 4. The lowest BCUT2D eigenvalue weighted by atomic mass is 9.99. The second kappa shape index (κ2) is 16.7. The normalized spacial score (nSPS) is 11.5. The van der Waals surface area contributed by atoms with Crippen LogP contribution in [0.25, 0.3) is 127 Å². The number of nitriles is 2. The molecule has 73 heavy (non-hydrogen) atoms. The van der Waals surface area contributed by atoms with Crippen molar-refractivity contribution in [2.24, 2.45) is 0 Å². The molecule has 0 amide bonds. The summed E-state index contributed by atoms with van der Waals surface area (Å²) >= 11 is 0. The summed E-state index contributed by atoms with van der Waals surface area (Å²) in [5.74, 6) is 0. The zero-order valence-corrected chi connectivity index (χ0v) is 39.4. The minimum Gasteiger partial charge on any atom is -0.306 e. The molecule has 3 heterocycles. The Morgan fingerprint density at radius 1 is 0.219 bits per heavy atom. The van der Waals surface area contributed by atoms with Gasteiger partial charge in [0.1, 0.15) is 12.1 Å². The Balaban J connectivity index is 1.07. The lowest BCUT2D eigenvalue weighted by Gasteiger charge is -2.24. The first-order valence-corrected chi connectivity index (χ1v) is 24.5. The highest BCUT2D eigenvalue weighted by Crippen LogP contribution is 2.46. The number of hydrogen-bond donors (Lipinski definition) is 0. The van der Waals surface area contributed by atoms with E-state index in [0.29, 0.717) is 22.5 Å². The van der Waals surface area contributed by atoms with Gasteiger partial charge in [-0.2, -0.15) is 10.5 Å². The summed E-state index contributed by atoms with van der Waals surface area (Å²) < 4.78 is 6.82. The molecule has 14 aromatic rings. The van der Waals surface area contributed by atoms with Crippen LogP contribution < -0.4 is 0 Å². The molecule has 0 aliphatic carbocycles. The predicted molar refractivity (Wildman–Crippen MR) is 301 cm³/mol. The molecular formula is C68H41N5. The third-order valence-electron chi connectivity index (χ3n) is 14.7. The number of fused-ring (bicyclic) bond motifs is 9. The van der Waals surface area contributed by atoms with Crippen LogP contribution in [-0.2, 0) is 0 Å². The van der Waals surface area contributed by atoms with Gasteiger partial charge in [0.15, 0.2) is 0 Å². The Hall–Kier alpha value is -10.2. The van der Waals surface area contributed by atoms with Gasteiger partial charge in [-0.1, -0.05) is 194 Å². The first-order chi connectivity index (χ1) is 36.1. The molecule has 5 nitrogen and oxygen atoms in total. The summed E-state index contributed by atoms with van der Waals surface area (Å²) in [4.78, 5) is 0. The Morgan fingerprint density at radius 3 is 0.836 bits per heavy atom. The highest BCUT2D eigenvalue weighted by Gasteiger charge is 2.30. The van der Waals surface area contributed by atoms with Crippen LogP contribution >= 0.6 is 0 Å². The highest BCUT2D eigenvalue weighted by atomic mass is 15.1. The third-order valence-corrected chi connectivity index (χ3v) is 14.7. The van der Waals surface area contributed by atoms with E-state index in [1.807, 2.05) is 12.1 Å². The lowest BCUT2D eigenvalue weighted by Crippen LogP contribution is -2.13. The van der Waals surface area contributed by atoms with Gasteiger partial charge in [-0.15, -0.1) is 0 Å². The van der Waals surface area contributed by atoms with Gasteiger partial charge in [-0.25, -0.2) is 0 Å². The standard InChI is InChI=1S/C68H41N5/c69-42-52-39-53(43-70)67(72-63-26-14-10-22-57(63)59-41-51(36-38-65(59)72)49-33-29-47(30-34-49)45-17-5-2-6-18-45)68(73-60-23-11-7-19-54(60)55-20-8-12-24-61(55)73)66(52)71-62-25-13-9-21-56(62)58-40-50(35-37-64(58)71)48-31-27-46(28-32-48)44-15-3-1-4-16-44/h1-41H. The van der Waals surface area contributed by atoms with Gasteiger partial charge < -0.3 is 13.7 Å². The maximum atomic E-state index is 11.5. The van der Waals surface area contributed by atoms with Crippen molar-refractivity contribution in [1.29, 1.82) is 10.5 Å². The minimum atomic E-state index is 0.391. The Bertz CT molecular complexity index is 4310. The highest BCUT2D eigenvalue weighted by molar-refractivity contribution is 6.15. The SMILES string of the molecule is N#Cc1cc(C#N)c(-n2c3ccccc3c3cc(-c4ccc(-c5ccccc5)cc4)ccc32)c(-n2c3ccccc3c3ccccc32)c1-n1c2ccccc2c2cc(-c3ccc(-c4ccccc4)cc3)ccc21. The van der Waals surface area contributed by atoms with Gasteiger partial charge in [0.2, 0.25) is 0 Å². The van der Waals surface area contributed by atoms with E-state index in [4.69, 9.17) is 0 Å². The molecule has 11 aromatic carbocycles. The molecule has 0 radical (unpaired) electrons. The molecule has 0 fully saturated rings. The first-order valence-electron chi connectivity index (χ1n) is 24.5. The van der Waals surface area contributed by atoms with E-state index in [0.717, 1.165) is 104 Å². The number of nitrogens with zero attached hydrogens (tertiary/aromatic N) is 5. The van der Waals surface area contributed by atoms with E-state index in [9.17, 15) is 10.5 Å². The van der Waals surface area contributed by atoms with Crippen LogP contribution in [0.3, 0.4) is 0 Å². The van der Waals surface area contributed by atoms with Crippen molar-refractivity contribution in [3.63, 3.8) is 0 Å². The van der Waals surface area contributed by atoms with Gasteiger partial charge in [-0.05, 0) is 99.1 Å². The quantitative estimate of drug-likeness (QED) is 0.160. The molecule has 0 saturated carbocycles. The second-order valence-electron chi connectivity index (χ2n) is 18.7. The maximum Gasteiger partial charge on any atom is 0.101 e. The molecular weight excluding hydrogens is 887 g/mol. The molecule has 0 saturated heterocycles. The average Bonchev–Trinajstić information content (AvgIpc) is 4.10. The van der Waals surface area contributed by atoms with Crippen molar-refractivity contribution in [3.8, 4) is 73.7 Å². The fourth-order valence-corrected chi connectivity index (χ4v) is 11.4. The van der Waals surface area contributed by atoms with E-state index in [-0.39, 0.29) is 0 Å². The predicted octanol–water partition coefficient (Wildman–Crippen LogP) is 17.4. The summed E-state index contributed by atoms with van der Waals surface area (Å²) in [6.07, 6.45) is 0. The van der Waals surface area contributed by atoms with Gasteiger partial charge in [0.25, 0.3) is 0 Å². The fraction of sp³-hybridized carbons (Fsp3) is 0. The van der Waals surface area contributed by atoms with E-state index in [1.165, 1.54) is 11.1 Å². The van der Waals surface area contributed by atoms with E-state index < -0.39 is 0 Å². The Kier molecular flexibility index (Phi) is 9.58. The van der Waals surface area contributed by atoms with Crippen LogP contribution in [0.5, 0.6) is 0 Å². The summed E-state index contributed by atoms with van der Waals surface area (Å²) in [6, 6.07) is 92.7. The second-order valence-corrected chi connectivity index (χ2v) is 18.7. The summed E-state index contributed by atoms with van der Waals surface area (Å²) in [6.45, 7) is 0. The lowest BCUT2D eigenvalue weighted by molar-refractivity contribution is 1.04. The van der Waals surface area contributed by atoms with Crippen molar-refractivity contribution < 1.29 is 0 Å². The molecule has 0 unspecified atom stereocenters. The molecule has 0 bridgehead atoms. The molecule has 14 rings (SSSR count). The van der Waals surface area contributed by atoms with Crippen molar-refractivity contribution in [2.45, 2.75) is 0 Å². The third kappa shape index (κ3) is 6.54. The summed E-state index contributed by atoms with van der Waals surface area (Å²) in [5.41, 5.74) is 17.7. The Morgan fingerprint density at radius 2 is 0.479 bits per heavy atom. The van der Waals surface area contributed by atoms with Crippen molar-refractivity contribution in [1.82, 2.24) is 13.7 Å². The fourth-order valence-electron chi connectivity index (χ4n) is 11.4. The zero-order valence-electron chi connectivity index (χ0n) is 39.4. The molecule has 0 aliphatic rings. The smallest absolute Gasteiger partial charge is 0.101 e. The topological polar surface area (TPSA) is 62.4 Å². The Labute approximate surface area is 421 Å². The van der Waals surface area contributed by atoms with Crippen LogP contribution in [-0.4, -0.2) is 13.7 Å². The van der Waals surface area contributed by atoms with E-state index in [1.54, 1.807) is 6.07 Å². The molecule has 0 atom stereocenters. The van der Waals surface area contributed by atoms with Crippen molar-refractivity contribution in [3.05, 3.63) is 260 Å². The van der Waals surface area contributed by atoms with Gasteiger partial charge in [0.05, 0.1) is 61.3 Å². The zero-order chi connectivity index (χ0) is 48.6. The summed E-state index contributed by atoms with van der Waals surface area (Å²) in [7, 11) is 0. The maximum absolute atomic E-state index is 11.5. The number of hydrogen-bond acceptors (Lipinski definition) is 2. The monoisotopic (exact) mass is 927 g/mol. The first kappa shape index (κ1) is 41.7. The number of benzene rings is 11. The minimum absolute atomic E-state index is 0.391. The van der Waals surface area contributed by atoms with Crippen LogP contribution in [0.15, 0.2) is 249 Å². The molecule has 0 aliphatic heterocycles. The van der Waals surface area contributed by atoms with Crippen LogP contribution in [0.2, 0.25) is 0 Å². The van der Waals surface area contributed by atoms with Gasteiger partial charge in [-0.3, -0.25) is 0 Å².